The standard InChI is InChI=1S/C15H21BrIN/c1-2-10-5-3-4-6-12(10)15(18)13-9-11(17)7-8-14(13)16/h7-10,12,15H,2-6,18H2,1H3. The highest BCUT2D eigenvalue weighted by atomic mass is 127. The van der Waals surface area contributed by atoms with Crippen LogP contribution in [0.25, 0.3) is 0 Å². The lowest BCUT2D eigenvalue weighted by Gasteiger charge is -2.35. The minimum absolute atomic E-state index is 0.180. The smallest absolute Gasteiger partial charge is 0.0337 e. The van der Waals surface area contributed by atoms with Crippen molar-refractivity contribution in [3.8, 4) is 0 Å². The zero-order valence-corrected chi connectivity index (χ0v) is 14.6. The first-order valence-electron chi connectivity index (χ1n) is 6.84. The molecule has 1 aliphatic rings. The Labute approximate surface area is 132 Å². The fraction of sp³-hybridized carbons (Fsp3) is 0.600. The van der Waals surface area contributed by atoms with Gasteiger partial charge in [-0.15, -0.1) is 0 Å². The topological polar surface area (TPSA) is 26.0 Å². The van der Waals surface area contributed by atoms with E-state index in [1.807, 2.05) is 0 Å². The molecular formula is C15H21BrIN. The molecule has 0 spiro atoms. The summed E-state index contributed by atoms with van der Waals surface area (Å²) in [6, 6.07) is 6.66. The highest BCUT2D eigenvalue weighted by Gasteiger charge is 2.30. The molecule has 0 radical (unpaired) electrons. The van der Waals surface area contributed by atoms with Crippen molar-refractivity contribution in [2.45, 2.75) is 45.1 Å². The third-order valence-corrected chi connectivity index (χ3v) is 5.66. The van der Waals surface area contributed by atoms with Gasteiger partial charge in [0.25, 0.3) is 0 Å². The van der Waals surface area contributed by atoms with Gasteiger partial charge in [0.1, 0.15) is 0 Å². The predicted octanol–water partition coefficient (Wildman–Crippen LogP) is 5.27. The highest BCUT2D eigenvalue weighted by Crippen LogP contribution is 2.40. The van der Waals surface area contributed by atoms with Crippen molar-refractivity contribution in [2.24, 2.45) is 17.6 Å². The van der Waals surface area contributed by atoms with E-state index >= 15 is 0 Å². The first kappa shape index (κ1) is 14.8. The summed E-state index contributed by atoms with van der Waals surface area (Å²) in [6.45, 7) is 2.31. The second kappa shape index (κ2) is 6.71. The minimum atomic E-state index is 0.180. The van der Waals surface area contributed by atoms with E-state index in [2.05, 4.69) is 63.6 Å². The molecule has 1 saturated carbocycles. The van der Waals surface area contributed by atoms with Gasteiger partial charge in [-0.2, -0.15) is 0 Å². The van der Waals surface area contributed by atoms with Gasteiger partial charge < -0.3 is 5.73 Å². The van der Waals surface area contributed by atoms with Crippen LogP contribution in [0, 0.1) is 15.4 Å². The van der Waals surface area contributed by atoms with Crippen LogP contribution in [0.15, 0.2) is 22.7 Å². The van der Waals surface area contributed by atoms with Crippen molar-refractivity contribution < 1.29 is 0 Å². The van der Waals surface area contributed by atoms with Gasteiger partial charge in [-0.25, -0.2) is 0 Å². The molecule has 3 heteroatoms. The maximum Gasteiger partial charge on any atom is 0.0337 e. The molecule has 0 aliphatic heterocycles. The molecule has 0 heterocycles. The normalized spacial score (nSPS) is 26.0. The molecule has 1 aromatic carbocycles. The quantitative estimate of drug-likeness (QED) is 0.661. The first-order chi connectivity index (χ1) is 8.63. The van der Waals surface area contributed by atoms with Crippen molar-refractivity contribution in [1.82, 2.24) is 0 Å². The van der Waals surface area contributed by atoms with E-state index in [1.54, 1.807) is 0 Å². The zero-order chi connectivity index (χ0) is 13.1. The van der Waals surface area contributed by atoms with Crippen molar-refractivity contribution in [2.75, 3.05) is 0 Å². The average Bonchev–Trinajstić information content (AvgIpc) is 2.40. The zero-order valence-electron chi connectivity index (χ0n) is 10.8. The van der Waals surface area contributed by atoms with Crippen molar-refractivity contribution in [3.63, 3.8) is 0 Å². The Morgan fingerprint density at radius 3 is 2.83 bits per heavy atom. The lowest BCUT2D eigenvalue weighted by atomic mass is 9.73. The van der Waals surface area contributed by atoms with Gasteiger partial charge in [-0.05, 0) is 64.6 Å². The number of rotatable bonds is 3. The molecular weight excluding hydrogens is 401 g/mol. The van der Waals surface area contributed by atoms with E-state index in [1.165, 1.54) is 41.2 Å². The molecule has 0 saturated heterocycles. The number of benzene rings is 1. The molecule has 3 atom stereocenters. The molecule has 1 aromatic rings. The summed E-state index contributed by atoms with van der Waals surface area (Å²) in [4.78, 5) is 0. The van der Waals surface area contributed by atoms with Gasteiger partial charge in [0, 0.05) is 14.1 Å². The number of hydrogen-bond donors (Lipinski definition) is 1. The number of halogens is 2. The van der Waals surface area contributed by atoms with E-state index in [9.17, 15) is 0 Å². The molecule has 1 fully saturated rings. The molecule has 1 aliphatic carbocycles. The maximum atomic E-state index is 6.57. The summed E-state index contributed by atoms with van der Waals surface area (Å²) < 4.78 is 2.43. The van der Waals surface area contributed by atoms with Crippen LogP contribution in [0.3, 0.4) is 0 Å². The lowest BCUT2D eigenvalue weighted by Crippen LogP contribution is -2.30. The summed E-state index contributed by atoms with van der Waals surface area (Å²) in [5.74, 6) is 1.46. The van der Waals surface area contributed by atoms with Crippen LogP contribution in [0.2, 0.25) is 0 Å². The van der Waals surface area contributed by atoms with Gasteiger partial charge in [-0.3, -0.25) is 0 Å². The van der Waals surface area contributed by atoms with E-state index in [0.29, 0.717) is 5.92 Å². The number of nitrogens with two attached hydrogens (primary N) is 1. The summed E-state index contributed by atoms with van der Waals surface area (Å²) in [5, 5.41) is 0. The summed E-state index contributed by atoms with van der Waals surface area (Å²) >= 11 is 6.02. The Bertz CT molecular complexity index is 407. The van der Waals surface area contributed by atoms with Gasteiger partial charge in [0.05, 0.1) is 0 Å². The second-order valence-electron chi connectivity index (χ2n) is 5.31. The monoisotopic (exact) mass is 421 g/mol. The second-order valence-corrected chi connectivity index (χ2v) is 7.41. The Morgan fingerprint density at radius 2 is 2.11 bits per heavy atom. The van der Waals surface area contributed by atoms with Crippen LogP contribution in [-0.2, 0) is 0 Å². The molecule has 0 aromatic heterocycles. The summed E-state index contributed by atoms with van der Waals surface area (Å²) in [6.07, 6.45) is 6.64. The minimum Gasteiger partial charge on any atom is -0.324 e. The molecule has 3 unspecified atom stereocenters. The van der Waals surface area contributed by atoms with Crippen LogP contribution in [0.1, 0.15) is 50.6 Å². The third kappa shape index (κ3) is 3.28. The molecule has 0 bridgehead atoms. The predicted molar refractivity (Wildman–Crippen MR) is 89.5 cm³/mol. The molecule has 100 valence electrons. The van der Waals surface area contributed by atoms with Crippen LogP contribution in [0.4, 0.5) is 0 Å². The Hall–Kier alpha value is 0.390. The Kier molecular flexibility index (Phi) is 5.51. The van der Waals surface area contributed by atoms with Gasteiger partial charge in [-0.1, -0.05) is 48.5 Å². The van der Waals surface area contributed by atoms with Crippen molar-refractivity contribution in [1.29, 1.82) is 0 Å². The highest BCUT2D eigenvalue weighted by molar-refractivity contribution is 14.1. The summed E-state index contributed by atoms with van der Waals surface area (Å²) in [5.41, 5.74) is 7.86. The molecule has 18 heavy (non-hydrogen) atoms. The molecule has 1 nitrogen and oxygen atoms in total. The molecule has 0 amide bonds. The van der Waals surface area contributed by atoms with Crippen molar-refractivity contribution >= 4 is 38.5 Å². The van der Waals surface area contributed by atoms with E-state index < -0.39 is 0 Å². The first-order valence-corrected chi connectivity index (χ1v) is 8.71. The van der Waals surface area contributed by atoms with Crippen LogP contribution >= 0.6 is 38.5 Å². The summed E-state index contributed by atoms with van der Waals surface area (Å²) in [7, 11) is 0. The Balaban J connectivity index is 2.23. The molecule has 2 N–H and O–H groups in total. The van der Waals surface area contributed by atoms with Crippen LogP contribution in [-0.4, -0.2) is 0 Å². The lowest BCUT2D eigenvalue weighted by molar-refractivity contribution is 0.196. The molecule has 2 rings (SSSR count). The van der Waals surface area contributed by atoms with Crippen LogP contribution in [0.5, 0.6) is 0 Å². The average molecular weight is 422 g/mol. The van der Waals surface area contributed by atoms with Gasteiger partial charge >= 0.3 is 0 Å². The van der Waals surface area contributed by atoms with Gasteiger partial charge in [0.15, 0.2) is 0 Å². The largest absolute Gasteiger partial charge is 0.324 e. The Morgan fingerprint density at radius 1 is 1.39 bits per heavy atom. The SMILES string of the molecule is CCC1CCCCC1C(N)c1cc(I)ccc1Br. The van der Waals surface area contributed by atoms with Gasteiger partial charge in [0.2, 0.25) is 0 Å². The van der Waals surface area contributed by atoms with E-state index in [0.717, 1.165) is 10.4 Å². The number of hydrogen-bond acceptors (Lipinski definition) is 1. The third-order valence-electron chi connectivity index (χ3n) is 4.27. The van der Waals surface area contributed by atoms with Crippen LogP contribution < -0.4 is 5.73 Å². The van der Waals surface area contributed by atoms with E-state index in [-0.39, 0.29) is 6.04 Å². The maximum absolute atomic E-state index is 6.57. The van der Waals surface area contributed by atoms with E-state index in [4.69, 9.17) is 5.73 Å². The fourth-order valence-electron chi connectivity index (χ4n) is 3.22. The fourth-order valence-corrected chi connectivity index (χ4v) is 4.24. The van der Waals surface area contributed by atoms with Crippen molar-refractivity contribution in [3.05, 3.63) is 31.8 Å².